The third-order valence-electron chi connectivity index (χ3n) is 1.73. The lowest BCUT2D eigenvalue weighted by atomic mass is 10.8. The van der Waals surface area contributed by atoms with Crippen LogP contribution in [0.25, 0.3) is 0 Å². The van der Waals surface area contributed by atoms with Crippen LogP contribution < -0.4 is 22.5 Å². The number of nitrogen functional groups attached to an aromatic ring is 1. The van der Waals surface area contributed by atoms with Crippen molar-refractivity contribution >= 4 is 26.6 Å². The number of rotatable bonds is 2. The van der Waals surface area contributed by atoms with E-state index in [1.807, 2.05) is 0 Å². The first-order valence-electron chi connectivity index (χ1n) is 5.72. The highest BCUT2D eigenvalue weighted by Gasteiger charge is 2.20. The molecule has 1 aliphatic rings. The van der Waals surface area contributed by atoms with Crippen molar-refractivity contribution in [1.82, 2.24) is 20.3 Å². The average Bonchev–Trinajstić information content (AvgIpc) is 2.26. The van der Waals surface area contributed by atoms with E-state index in [9.17, 15) is 4.79 Å². The van der Waals surface area contributed by atoms with E-state index in [1.165, 1.54) is 6.34 Å². The van der Waals surface area contributed by atoms with Gasteiger partial charge in [0.1, 0.15) is 6.33 Å². The fraction of sp³-hybridized carbons (Fsp3) is 0.500. The van der Waals surface area contributed by atoms with Crippen LogP contribution in [0.4, 0.5) is 5.95 Å². The zero-order chi connectivity index (χ0) is 15.2. The van der Waals surface area contributed by atoms with Gasteiger partial charge in [-0.25, -0.2) is 14.8 Å². The molecule has 2 heterocycles. The molecule has 0 fully saturated rings. The summed E-state index contributed by atoms with van der Waals surface area (Å²) in [5.74, 6) is 0.443. The SMILES string of the molecule is C.C[Si](C)(C)OC1N=CNC(N)=N1.Nc1ncnc(=O)[nH]1. The zero-order valence-electron chi connectivity index (χ0n) is 11.5. The maximum Gasteiger partial charge on any atom is 0.349 e. The normalized spacial score (nSPS) is 16.7. The molecule has 21 heavy (non-hydrogen) atoms. The van der Waals surface area contributed by atoms with Gasteiger partial charge in [0, 0.05) is 0 Å². The molecule has 2 rings (SSSR count). The first-order chi connectivity index (χ1) is 9.26. The summed E-state index contributed by atoms with van der Waals surface area (Å²) in [5.41, 5.74) is 10.0. The van der Waals surface area contributed by atoms with Crippen LogP contribution in [0.15, 0.2) is 21.1 Å². The standard InChI is InChI=1S/C6H14N4OSi.C3H4N4O.CH4/c1-12(2,3)11-6-9-4-8-5(7)10-6;4-2-5-1-6-3(8)7-2;/h4,6H,1-3H3,(H3,7,8,9,10);1H,(H3,4,5,6,7,8);1H4. The molecule has 0 saturated carbocycles. The Bertz CT molecular complexity index is 550. The maximum absolute atomic E-state index is 10.2. The summed E-state index contributed by atoms with van der Waals surface area (Å²) in [7, 11) is -1.58. The molecule has 0 amide bonds. The maximum atomic E-state index is 10.2. The summed E-state index contributed by atoms with van der Waals surface area (Å²) < 4.78 is 5.58. The van der Waals surface area contributed by atoms with E-state index in [4.69, 9.17) is 15.9 Å². The van der Waals surface area contributed by atoms with Gasteiger partial charge in [-0.3, -0.25) is 4.98 Å². The molecule has 0 saturated heterocycles. The molecule has 0 aliphatic carbocycles. The number of aliphatic imine (C=N–C) groups is 2. The lowest BCUT2D eigenvalue weighted by molar-refractivity contribution is 0.213. The van der Waals surface area contributed by atoms with Crippen molar-refractivity contribution in [2.45, 2.75) is 33.4 Å². The molecule has 1 aliphatic heterocycles. The van der Waals surface area contributed by atoms with Crippen LogP contribution >= 0.6 is 0 Å². The minimum absolute atomic E-state index is 0. The number of aromatic nitrogens is 3. The second kappa shape index (κ2) is 8.11. The van der Waals surface area contributed by atoms with Crippen molar-refractivity contribution in [2.75, 3.05) is 5.73 Å². The average molecular weight is 314 g/mol. The molecule has 0 radical (unpaired) electrons. The Balaban J connectivity index is 0.000000390. The highest BCUT2D eigenvalue weighted by atomic mass is 28.4. The Labute approximate surface area is 123 Å². The fourth-order valence-corrected chi connectivity index (χ4v) is 1.79. The Morgan fingerprint density at radius 3 is 2.38 bits per heavy atom. The first kappa shape index (κ1) is 18.7. The second-order valence-electron chi connectivity index (χ2n) is 4.68. The van der Waals surface area contributed by atoms with Crippen LogP contribution in [0, 0.1) is 0 Å². The Hall–Kier alpha value is -2.27. The van der Waals surface area contributed by atoms with Crippen molar-refractivity contribution in [1.29, 1.82) is 0 Å². The molecule has 11 heteroatoms. The molecule has 1 unspecified atom stereocenters. The quantitative estimate of drug-likeness (QED) is 0.533. The largest absolute Gasteiger partial charge is 0.379 e. The summed E-state index contributed by atoms with van der Waals surface area (Å²) in [6.45, 7) is 6.24. The number of H-pyrrole nitrogens is 1. The highest BCUT2D eigenvalue weighted by Crippen LogP contribution is 2.09. The van der Waals surface area contributed by atoms with E-state index in [1.54, 1.807) is 0 Å². The summed E-state index contributed by atoms with van der Waals surface area (Å²) >= 11 is 0. The van der Waals surface area contributed by atoms with Crippen LogP contribution in [-0.2, 0) is 4.43 Å². The summed E-state index contributed by atoms with van der Waals surface area (Å²) in [5, 5.41) is 2.67. The summed E-state index contributed by atoms with van der Waals surface area (Å²) in [6.07, 6.45) is 2.17. The molecule has 1 aromatic rings. The molecule has 118 valence electrons. The van der Waals surface area contributed by atoms with Gasteiger partial charge in [-0.2, -0.15) is 9.98 Å². The van der Waals surface area contributed by atoms with E-state index in [0.29, 0.717) is 5.96 Å². The number of nitrogens with two attached hydrogens (primary N) is 2. The van der Waals surface area contributed by atoms with Gasteiger partial charge in [-0.1, -0.05) is 7.43 Å². The Morgan fingerprint density at radius 1 is 1.29 bits per heavy atom. The lowest BCUT2D eigenvalue weighted by Gasteiger charge is -2.22. The van der Waals surface area contributed by atoms with Gasteiger partial charge in [-0.05, 0) is 19.6 Å². The lowest BCUT2D eigenvalue weighted by Crippen LogP contribution is -2.39. The molecular formula is C10H22N8O2Si. The number of nitrogens with zero attached hydrogens (tertiary/aromatic N) is 4. The van der Waals surface area contributed by atoms with Crippen LogP contribution in [0.3, 0.4) is 0 Å². The van der Waals surface area contributed by atoms with E-state index < -0.39 is 20.4 Å². The van der Waals surface area contributed by atoms with Gasteiger partial charge in [0.2, 0.25) is 12.3 Å². The van der Waals surface area contributed by atoms with Gasteiger partial charge in [0.15, 0.2) is 14.3 Å². The third kappa shape index (κ3) is 8.49. The third-order valence-corrected chi connectivity index (χ3v) is 2.65. The smallest absolute Gasteiger partial charge is 0.349 e. The van der Waals surface area contributed by atoms with Gasteiger partial charge in [0.25, 0.3) is 0 Å². The first-order valence-corrected chi connectivity index (χ1v) is 9.13. The number of anilines is 1. The summed E-state index contributed by atoms with van der Waals surface area (Å²) in [6, 6.07) is 0. The van der Waals surface area contributed by atoms with Crippen molar-refractivity contribution in [3.8, 4) is 0 Å². The molecule has 1 atom stereocenters. The molecule has 10 nitrogen and oxygen atoms in total. The molecular weight excluding hydrogens is 292 g/mol. The minimum atomic E-state index is -1.58. The molecule has 0 spiro atoms. The van der Waals surface area contributed by atoms with Crippen LogP contribution in [-0.4, -0.2) is 41.9 Å². The van der Waals surface area contributed by atoms with Crippen molar-refractivity contribution < 1.29 is 4.43 Å². The van der Waals surface area contributed by atoms with Crippen LogP contribution in [0.5, 0.6) is 0 Å². The van der Waals surface area contributed by atoms with Crippen LogP contribution in [0.1, 0.15) is 7.43 Å². The number of aromatic amines is 1. The van der Waals surface area contributed by atoms with Gasteiger partial charge < -0.3 is 21.2 Å². The van der Waals surface area contributed by atoms with Crippen molar-refractivity contribution in [3.63, 3.8) is 0 Å². The summed E-state index contributed by atoms with van der Waals surface area (Å²) in [4.78, 5) is 27.0. The van der Waals surface area contributed by atoms with E-state index in [-0.39, 0.29) is 13.4 Å². The topological polar surface area (TPSA) is 157 Å². The minimum Gasteiger partial charge on any atom is -0.379 e. The number of hydrogen-bond acceptors (Lipinski definition) is 9. The molecule has 0 bridgehead atoms. The van der Waals surface area contributed by atoms with Gasteiger partial charge >= 0.3 is 5.69 Å². The van der Waals surface area contributed by atoms with Crippen molar-refractivity contribution in [3.05, 3.63) is 16.8 Å². The van der Waals surface area contributed by atoms with Gasteiger partial charge in [0.05, 0.1) is 6.34 Å². The predicted octanol–water partition coefficient (Wildman–Crippen LogP) is -0.549. The Morgan fingerprint density at radius 2 is 1.95 bits per heavy atom. The monoisotopic (exact) mass is 314 g/mol. The molecule has 1 aromatic heterocycles. The van der Waals surface area contributed by atoms with E-state index in [2.05, 4.69) is 49.9 Å². The molecule has 6 N–H and O–H groups in total. The molecule has 0 aromatic carbocycles. The highest BCUT2D eigenvalue weighted by molar-refractivity contribution is 6.69. The Kier molecular flexibility index (Phi) is 7.23. The fourth-order valence-electron chi connectivity index (χ4n) is 1.05. The van der Waals surface area contributed by atoms with Crippen LogP contribution in [0.2, 0.25) is 19.6 Å². The number of nitrogens with one attached hydrogen (secondary N) is 2. The van der Waals surface area contributed by atoms with Gasteiger partial charge in [-0.15, -0.1) is 0 Å². The van der Waals surface area contributed by atoms with E-state index in [0.717, 1.165) is 6.33 Å². The van der Waals surface area contributed by atoms with Crippen molar-refractivity contribution in [2.24, 2.45) is 15.7 Å². The number of hydrogen-bond donors (Lipinski definition) is 4. The predicted molar refractivity (Wildman–Crippen MR) is 85.3 cm³/mol. The second-order valence-corrected chi connectivity index (χ2v) is 9.14. The van der Waals surface area contributed by atoms with E-state index >= 15 is 0 Å². The zero-order valence-corrected chi connectivity index (χ0v) is 12.5. The number of guanidine groups is 1.